The minimum atomic E-state index is -4.15. The van der Waals surface area contributed by atoms with E-state index in [9.17, 15) is 13.0 Å². The normalized spacial score (nSPS) is 13.4. The van der Waals surface area contributed by atoms with Crippen LogP contribution in [0.5, 0.6) is 0 Å². The van der Waals surface area contributed by atoms with Gasteiger partial charge in [-0.1, -0.05) is 0 Å². The molecule has 0 amide bonds. The summed E-state index contributed by atoms with van der Waals surface area (Å²) >= 11 is 0. The molecule has 16 heavy (non-hydrogen) atoms. The van der Waals surface area contributed by atoms with Crippen molar-refractivity contribution >= 4 is 18.9 Å². The molecule has 0 saturated carbocycles. The van der Waals surface area contributed by atoms with E-state index in [1.54, 1.807) is 11.9 Å². The van der Waals surface area contributed by atoms with Gasteiger partial charge < -0.3 is 23.8 Å². The van der Waals surface area contributed by atoms with Crippen LogP contribution in [0.2, 0.25) is 6.04 Å². The van der Waals surface area contributed by atoms with E-state index in [2.05, 4.69) is 0 Å². The first-order chi connectivity index (χ1) is 7.10. The summed E-state index contributed by atoms with van der Waals surface area (Å²) in [4.78, 5) is 27.9. The smallest absolute Gasteiger partial charge is 0.492 e. The Kier molecular flexibility index (Phi) is 6.63. The summed E-state index contributed by atoms with van der Waals surface area (Å²) in [5, 5.41) is 0. The lowest BCUT2D eigenvalue weighted by atomic mass is 10.4. The van der Waals surface area contributed by atoms with Crippen LogP contribution in [0.3, 0.4) is 0 Å². The fourth-order valence-electron chi connectivity index (χ4n) is 1.21. The molecule has 3 N–H and O–H groups in total. The van der Waals surface area contributed by atoms with Gasteiger partial charge in [0, 0.05) is 11.8 Å². The topological polar surface area (TPSA) is 121 Å². The van der Waals surface area contributed by atoms with Crippen LogP contribution in [0.25, 0.3) is 0 Å². The highest BCUT2D eigenvalue weighted by Gasteiger charge is 2.25. The van der Waals surface area contributed by atoms with Crippen LogP contribution in [-0.4, -0.2) is 67.0 Å². The molecular formula is C7H18NO6SSi-. The molecule has 0 atom stereocenters. The molecular weight excluding hydrogens is 254 g/mol. The summed E-state index contributed by atoms with van der Waals surface area (Å²) < 4.78 is 30.9. The Bertz CT molecular complexity index is 288. The Morgan fingerprint density at radius 2 is 1.69 bits per heavy atom. The van der Waals surface area contributed by atoms with Gasteiger partial charge in [0.2, 0.25) is 0 Å². The highest BCUT2D eigenvalue weighted by Crippen LogP contribution is 2.02. The predicted molar refractivity (Wildman–Crippen MR) is 58.5 cm³/mol. The molecule has 0 aromatic heterocycles. The molecule has 0 unspecified atom stereocenters. The van der Waals surface area contributed by atoms with E-state index in [-0.39, 0.29) is 12.5 Å². The summed E-state index contributed by atoms with van der Waals surface area (Å²) in [6, 6.07) is -0.0445. The second-order valence-corrected chi connectivity index (χ2v) is 7.37. The van der Waals surface area contributed by atoms with Gasteiger partial charge >= 0.3 is 8.80 Å². The first-order valence-electron chi connectivity index (χ1n) is 4.89. The van der Waals surface area contributed by atoms with Gasteiger partial charge in [-0.05, 0) is 33.0 Å². The predicted octanol–water partition coefficient (Wildman–Crippen LogP) is -1.84. The number of hydrogen-bond acceptors (Lipinski definition) is 7. The number of hydrogen-bond donors (Lipinski definition) is 3. The molecule has 0 aliphatic carbocycles. The van der Waals surface area contributed by atoms with Crippen molar-refractivity contribution in [2.24, 2.45) is 0 Å². The van der Waals surface area contributed by atoms with Crippen molar-refractivity contribution in [1.82, 2.24) is 4.90 Å². The first kappa shape index (κ1) is 16.0. The third-order valence-electron chi connectivity index (χ3n) is 1.99. The van der Waals surface area contributed by atoms with Crippen LogP contribution in [0.4, 0.5) is 0 Å². The van der Waals surface area contributed by atoms with E-state index in [1.165, 1.54) is 0 Å². The molecule has 98 valence electrons. The quantitative estimate of drug-likeness (QED) is 0.350. The summed E-state index contributed by atoms with van der Waals surface area (Å²) in [6.45, 7) is 0.952. The van der Waals surface area contributed by atoms with Crippen molar-refractivity contribution in [3.8, 4) is 0 Å². The molecule has 0 aliphatic heterocycles. The lowest BCUT2D eigenvalue weighted by Gasteiger charge is -2.17. The highest BCUT2D eigenvalue weighted by atomic mass is 32.2. The highest BCUT2D eigenvalue weighted by molar-refractivity contribution is 7.85. The third-order valence-corrected chi connectivity index (χ3v) is 3.80. The van der Waals surface area contributed by atoms with E-state index in [0.29, 0.717) is 19.5 Å². The lowest BCUT2D eigenvalue weighted by Crippen LogP contribution is -2.35. The molecule has 0 bridgehead atoms. The molecule has 0 fully saturated rings. The van der Waals surface area contributed by atoms with Crippen molar-refractivity contribution in [3.63, 3.8) is 0 Å². The van der Waals surface area contributed by atoms with Gasteiger partial charge in [0.25, 0.3) is 0 Å². The fourth-order valence-corrected chi connectivity index (χ4v) is 2.32. The van der Waals surface area contributed by atoms with Crippen LogP contribution >= 0.6 is 0 Å². The zero-order chi connectivity index (χ0) is 12.8. The molecule has 0 aliphatic rings. The van der Waals surface area contributed by atoms with Crippen LogP contribution in [-0.2, 0) is 10.1 Å². The largest absolute Gasteiger partial charge is 0.748 e. The molecule has 0 rings (SSSR count). The SMILES string of the molecule is CN(CCC[Si](O)(O)O)CCCS(=O)(=O)[O-]. The summed E-state index contributed by atoms with van der Waals surface area (Å²) in [5.74, 6) is -0.393. The van der Waals surface area contributed by atoms with Gasteiger partial charge in [-0.3, -0.25) is 0 Å². The Morgan fingerprint density at radius 3 is 2.12 bits per heavy atom. The maximum atomic E-state index is 10.3. The maximum absolute atomic E-state index is 10.3. The maximum Gasteiger partial charge on any atom is 0.492 e. The molecule has 0 aromatic rings. The van der Waals surface area contributed by atoms with Crippen LogP contribution in [0, 0.1) is 0 Å². The molecule has 7 nitrogen and oxygen atoms in total. The van der Waals surface area contributed by atoms with E-state index in [4.69, 9.17) is 14.4 Å². The lowest BCUT2D eigenvalue weighted by molar-refractivity contribution is 0.222. The van der Waals surface area contributed by atoms with Gasteiger partial charge in [-0.2, -0.15) is 0 Å². The van der Waals surface area contributed by atoms with E-state index >= 15 is 0 Å². The Labute approximate surface area is 96.5 Å². The van der Waals surface area contributed by atoms with Crippen molar-refractivity contribution in [1.29, 1.82) is 0 Å². The van der Waals surface area contributed by atoms with Gasteiger partial charge in [-0.25, -0.2) is 8.42 Å². The molecule has 9 heteroatoms. The zero-order valence-corrected chi connectivity index (χ0v) is 11.0. The van der Waals surface area contributed by atoms with E-state index in [0.717, 1.165) is 0 Å². The van der Waals surface area contributed by atoms with Gasteiger partial charge in [0.05, 0.1) is 10.1 Å². The number of rotatable bonds is 8. The van der Waals surface area contributed by atoms with Crippen LogP contribution in [0.1, 0.15) is 12.8 Å². The summed E-state index contributed by atoms with van der Waals surface area (Å²) in [7, 11) is -6.38. The van der Waals surface area contributed by atoms with Crippen molar-refractivity contribution in [2.75, 3.05) is 25.9 Å². The van der Waals surface area contributed by atoms with E-state index in [1.807, 2.05) is 0 Å². The van der Waals surface area contributed by atoms with Gasteiger partial charge in [0.15, 0.2) is 0 Å². The average Bonchev–Trinajstić information content (AvgIpc) is 1.98. The second-order valence-electron chi connectivity index (χ2n) is 3.80. The number of nitrogens with zero attached hydrogens (tertiary/aromatic N) is 1. The van der Waals surface area contributed by atoms with Crippen molar-refractivity contribution in [2.45, 2.75) is 18.9 Å². The molecule has 0 aromatic carbocycles. The van der Waals surface area contributed by atoms with Gasteiger partial charge in [0.1, 0.15) is 0 Å². The van der Waals surface area contributed by atoms with E-state index < -0.39 is 24.7 Å². The van der Waals surface area contributed by atoms with Crippen molar-refractivity contribution < 1.29 is 27.4 Å². The minimum absolute atomic E-state index is 0.0445. The fraction of sp³-hybridized carbons (Fsp3) is 1.00. The van der Waals surface area contributed by atoms with Crippen LogP contribution < -0.4 is 0 Å². The first-order valence-corrected chi connectivity index (χ1v) is 8.52. The molecule has 0 saturated heterocycles. The minimum Gasteiger partial charge on any atom is -0.748 e. The Hall–Kier alpha value is -0.0331. The molecule has 0 radical (unpaired) electrons. The zero-order valence-electron chi connectivity index (χ0n) is 9.16. The molecule has 0 spiro atoms. The molecule has 0 heterocycles. The third kappa shape index (κ3) is 12.0. The standard InChI is InChI=1S/C7H19NO6SSi/c1-8(4-2-6-15(9,10)11)5-3-7-16(12,13)14/h12-14H,2-7H2,1H3,(H,9,10,11)/p-1. The van der Waals surface area contributed by atoms with Crippen LogP contribution in [0.15, 0.2) is 0 Å². The van der Waals surface area contributed by atoms with Gasteiger partial charge in [-0.15, -0.1) is 0 Å². The Morgan fingerprint density at radius 1 is 1.19 bits per heavy atom. The second kappa shape index (κ2) is 6.64. The monoisotopic (exact) mass is 272 g/mol. The average molecular weight is 272 g/mol. The summed E-state index contributed by atoms with van der Waals surface area (Å²) in [6.07, 6.45) is 0.665. The van der Waals surface area contributed by atoms with Crippen molar-refractivity contribution in [3.05, 3.63) is 0 Å². The summed E-state index contributed by atoms with van der Waals surface area (Å²) in [5.41, 5.74) is 0. The Balaban J connectivity index is 3.57.